The third-order valence-corrected chi connectivity index (χ3v) is 4.48. The summed E-state index contributed by atoms with van der Waals surface area (Å²) in [4.78, 5) is 11.0. The fourth-order valence-corrected chi connectivity index (χ4v) is 3.36. The summed E-state index contributed by atoms with van der Waals surface area (Å²) in [5.41, 5.74) is 3.66. The van der Waals surface area contributed by atoms with E-state index in [0.717, 1.165) is 36.8 Å². The Balaban J connectivity index is 2.15. The summed E-state index contributed by atoms with van der Waals surface area (Å²) < 4.78 is 5.47. The van der Waals surface area contributed by atoms with Gasteiger partial charge in [0, 0.05) is 5.56 Å². The van der Waals surface area contributed by atoms with Crippen LogP contribution in [0.1, 0.15) is 40.9 Å². The highest BCUT2D eigenvalue weighted by Crippen LogP contribution is 2.41. The number of methoxy groups -OCH3 is 1. The fourth-order valence-electron chi connectivity index (χ4n) is 2.97. The molecule has 0 unspecified atom stereocenters. The predicted octanol–water partition coefficient (Wildman–Crippen LogP) is 3.71. The number of halogens is 1. The zero-order chi connectivity index (χ0) is 15.7. The number of carboxylic acids is 1. The Hall–Kier alpha value is -2.01. The van der Waals surface area contributed by atoms with Gasteiger partial charge in [-0.3, -0.25) is 5.10 Å². The average molecular weight is 321 g/mol. The molecule has 1 aromatic carbocycles. The molecular weight excluding hydrogens is 304 g/mol. The van der Waals surface area contributed by atoms with Crippen LogP contribution in [-0.2, 0) is 12.8 Å². The van der Waals surface area contributed by atoms with E-state index in [1.165, 1.54) is 18.1 Å². The molecule has 1 aliphatic carbocycles. The van der Waals surface area contributed by atoms with Crippen LogP contribution in [0.5, 0.6) is 5.75 Å². The molecule has 6 heteroatoms. The second-order valence-corrected chi connectivity index (χ2v) is 5.82. The van der Waals surface area contributed by atoms with E-state index in [1.807, 2.05) is 6.07 Å². The van der Waals surface area contributed by atoms with E-state index in [4.69, 9.17) is 21.4 Å². The van der Waals surface area contributed by atoms with Gasteiger partial charge in [0.2, 0.25) is 0 Å². The number of fused-ring (bicyclic) bond motifs is 1. The number of carbonyl (C=O) groups is 1. The third-order valence-electron chi connectivity index (χ3n) is 4.08. The minimum absolute atomic E-state index is 0.0446. The SMILES string of the molecule is COc1c(-c2cc(C(=O)O)[nH]n2)cc2c(c1Cl)CCCCC2. The lowest BCUT2D eigenvalue weighted by molar-refractivity contribution is 0.0690. The van der Waals surface area contributed by atoms with Crippen LogP contribution in [0.2, 0.25) is 5.02 Å². The molecule has 3 rings (SSSR count). The molecular formula is C16H17ClN2O3. The second-order valence-electron chi connectivity index (χ2n) is 5.44. The Bertz CT molecular complexity index is 724. The van der Waals surface area contributed by atoms with E-state index in [-0.39, 0.29) is 5.69 Å². The summed E-state index contributed by atoms with van der Waals surface area (Å²) in [6.45, 7) is 0. The molecule has 1 aliphatic rings. The van der Waals surface area contributed by atoms with Crippen molar-refractivity contribution in [1.82, 2.24) is 10.2 Å². The number of aromatic amines is 1. The van der Waals surface area contributed by atoms with E-state index in [1.54, 1.807) is 7.11 Å². The van der Waals surface area contributed by atoms with E-state index >= 15 is 0 Å². The molecule has 5 nitrogen and oxygen atoms in total. The smallest absolute Gasteiger partial charge is 0.353 e. The molecule has 22 heavy (non-hydrogen) atoms. The number of hydrogen-bond donors (Lipinski definition) is 2. The molecule has 2 N–H and O–H groups in total. The van der Waals surface area contributed by atoms with Crippen LogP contribution in [0, 0.1) is 0 Å². The van der Waals surface area contributed by atoms with Crippen LogP contribution in [0.15, 0.2) is 12.1 Å². The molecule has 1 heterocycles. The molecule has 0 amide bonds. The Kier molecular flexibility index (Phi) is 4.07. The van der Waals surface area contributed by atoms with E-state index in [9.17, 15) is 4.79 Å². The number of aromatic nitrogens is 2. The summed E-state index contributed by atoms with van der Waals surface area (Å²) in [5, 5.41) is 16.3. The number of ether oxygens (including phenoxy) is 1. The van der Waals surface area contributed by atoms with Crippen LogP contribution in [0.25, 0.3) is 11.3 Å². The van der Waals surface area contributed by atoms with Gasteiger partial charge in [-0.15, -0.1) is 0 Å². The van der Waals surface area contributed by atoms with Crippen molar-refractivity contribution in [2.75, 3.05) is 7.11 Å². The number of aryl methyl sites for hydroxylation is 1. The molecule has 0 saturated carbocycles. The van der Waals surface area contributed by atoms with Gasteiger partial charge in [-0.25, -0.2) is 4.79 Å². The van der Waals surface area contributed by atoms with Gasteiger partial charge < -0.3 is 9.84 Å². The topological polar surface area (TPSA) is 75.2 Å². The highest BCUT2D eigenvalue weighted by atomic mass is 35.5. The summed E-state index contributed by atoms with van der Waals surface area (Å²) in [5.74, 6) is -0.482. The summed E-state index contributed by atoms with van der Waals surface area (Å²) >= 11 is 6.54. The van der Waals surface area contributed by atoms with Crippen LogP contribution in [0.3, 0.4) is 0 Å². The minimum atomic E-state index is -1.04. The zero-order valence-electron chi connectivity index (χ0n) is 12.3. The quantitative estimate of drug-likeness (QED) is 0.845. The summed E-state index contributed by atoms with van der Waals surface area (Å²) in [7, 11) is 1.57. The second kappa shape index (κ2) is 6.01. The van der Waals surface area contributed by atoms with Gasteiger partial charge in [0.25, 0.3) is 0 Å². The van der Waals surface area contributed by atoms with Gasteiger partial charge >= 0.3 is 5.97 Å². The molecule has 0 atom stereocenters. The normalized spacial score (nSPS) is 14.3. The molecule has 116 valence electrons. The predicted molar refractivity (Wildman–Crippen MR) is 83.8 cm³/mol. The maximum Gasteiger partial charge on any atom is 0.353 e. The van der Waals surface area contributed by atoms with Gasteiger partial charge in [-0.05, 0) is 48.9 Å². The number of carboxylic acid groups (broad SMARTS) is 1. The first-order chi connectivity index (χ1) is 10.6. The van der Waals surface area contributed by atoms with Gasteiger partial charge in [-0.2, -0.15) is 5.10 Å². The maximum absolute atomic E-state index is 11.0. The number of nitrogens with zero attached hydrogens (tertiary/aromatic N) is 1. The Morgan fingerprint density at radius 2 is 2.09 bits per heavy atom. The van der Waals surface area contributed by atoms with Crippen molar-refractivity contribution in [3.63, 3.8) is 0 Å². The lowest BCUT2D eigenvalue weighted by atomic mass is 9.97. The fraction of sp³-hybridized carbons (Fsp3) is 0.375. The Labute approximate surface area is 133 Å². The Morgan fingerprint density at radius 3 is 2.77 bits per heavy atom. The molecule has 0 spiro atoms. The lowest BCUT2D eigenvalue weighted by Crippen LogP contribution is -1.99. The van der Waals surface area contributed by atoms with Crippen LogP contribution < -0.4 is 4.74 Å². The lowest BCUT2D eigenvalue weighted by Gasteiger charge is -2.15. The number of H-pyrrole nitrogens is 1. The molecule has 2 aromatic rings. The van der Waals surface area contributed by atoms with Crippen molar-refractivity contribution < 1.29 is 14.6 Å². The average Bonchev–Trinajstić information content (AvgIpc) is 2.87. The summed E-state index contributed by atoms with van der Waals surface area (Å²) in [6.07, 6.45) is 5.37. The first-order valence-electron chi connectivity index (χ1n) is 7.29. The number of hydrogen-bond acceptors (Lipinski definition) is 3. The standard InChI is InChI=1S/C16H17ClN2O3/c1-22-15-11(12-8-13(16(20)21)19-18-12)7-9-5-3-2-4-6-10(9)14(15)17/h7-8H,2-6H2,1H3,(H,18,19)(H,20,21). The number of benzene rings is 1. The van der Waals surface area contributed by atoms with E-state index in [0.29, 0.717) is 16.5 Å². The maximum atomic E-state index is 11.0. The van der Waals surface area contributed by atoms with Crippen molar-refractivity contribution in [2.24, 2.45) is 0 Å². The molecule has 0 saturated heterocycles. The zero-order valence-corrected chi connectivity index (χ0v) is 13.0. The van der Waals surface area contributed by atoms with Gasteiger partial charge in [0.05, 0.1) is 17.8 Å². The number of aromatic carboxylic acids is 1. The number of nitrogens with one attached hydrogen (secondary N) is 1. The highest BCUT2D eigenvalue weighted by Gasteiger charge is 2.21. The largest absolute Gasteiger partial charge is 0.494 e. The first-order valence-corrected chi connectivity index (χ1v) is 7.67. The minimum Gasteiger partial charge on any atom is -0.494 e. The molecule has 0 aliphatic heterocycles. The number of rotatable bonds is 3. The van der Waals surface area contributed by atoms with E-state index < -0.39 is 5.97 Å². The van der Waals surface area contributed by atoms with Gasteiger partial charge in [0.1, 0.15) is 11.4 Å². The van der Waals surface area contributed by atoms with Crippen LogP contribution in [-0.4, -0.2) is 28.4 Å². The molecule has 0 fully saturated rings. The molecule has 0 bridgehead atoms. The third kappa shape index (κ3) is 2.57. The van der Waals surface area contributed by atoms with Gasteiger partial charge in [-0.1, -0.05) is 18.0 Å². The van der Waals surface area contributed by atoms with Crippen molar-refractivity contribution in [3.8, 4) is 17.0 Å². The van der Waals surface area contributed by atoms with E-state index in [2.05, 4.69) is 10.2 Å². The molecule has 0 radical (unpaired) electrons. The van der Waals surface area contributed by atoms with Crippen molar-refractivity contribution in [1.29, 1.82) is 0 Å². The van der Waals surface area contributed by atoms with Gasteiger partial charge in [0.15, 0.2) is 0 Å². The highest BCUT2D eigenvalue weighted by molar-refractivity contribution is 6.33. The summed E-state index contributed by atoms with van der Waals surface area (Å²) in [6, 6.07) is 3.53. The van der Waals surface area contributed by atoms with Crippen molar-refractivity contribution in [2.45, 2.75) is 32.1 Å². The van der Waals surface area contributed by atoms with Crippen LogP contribution in [0.4, 0.5) is 0 Å². The Morgan fingerprint density at radius 1 is 1.32 bits per heavy atom. The first kappa shape index (κ1) is 14.9. The monoisotopic (exact) mass is 320 g/mol. The van der Waals surface area contributed by atoms with Crippen molar-refractivity contribution >= 4 is 17.6 Å². The van der Waals surface area contributed by atoms with Crippen molar-refractivity contribution in [3.05, 3.63) is 34.0 Å². The molecule has 1 aromatic heterocycles. The van der Waals surface area contributed by atoms with Crippen LogP contribution >= 0.6 is 11.6 Å².